The van der Waals surface area contributed by atoms with Gasteiger partial charge >= 0.3 is 0 Å². The van der Waals surface area contributed by atoms with Gasteiger partial charge in [0.05, 0.1) is 5.69 Å². The van der Waals surface area contributed by atoms with Gasteiger partial charge in [0, 0.05) is 49.4 Å². The second kappa shape index (κ2) is 6.89. The fraction of sp³-hybridized carbons (Fsp3) is 0.600. The normalized spacial score (nSPS) is 23.0. The number of pyridine rings is 1. The summed E-state index contributed by atoms with van der Waals surface area (Å²) in [5, 5.41) is 8.25. The van der Waals surface area contributed by atoms with Crippen LogP contribution < -0.4 is 5.32 Å². The Balaban J connectivity index is 1.51. The third kappa shape index (κ3) is 3.35. The minimum absolute atomic E-state index is 0.104. The van der Waals surface area contributed by atoms with E-state index in [1.54, 1.807) is 0 Å². The van der Waals surface area contributed by atoms with E-state index in [1.807, 2.05) is 11.7 Å². The molecule has 0 amide bonds. The SMILES string of the molecule is Cc1cc(CN[C@@H]2CCO[C@H]2c2cn(C)nc2C)c2c(n1)CCCC2. The van der Waals surface area contributed by atoms with E-state index >= 15 is 0 Å². The Morgan fingerprint density at radius 2 is 2.12 bits per heavy atom. The summed E-state index contributed by atoms with van der Waals surface area (Å²) in [7, 11) is 1.97. The Hall–Kier alpha value is -1.72. The van der Waals surface area contributed by atoms with E-state index in [9.17, 15) is 0 Å². The van der Waals surface area contributed by atoms with Crippen molar-refractivity contribution in [1.29, 1.82) is 0 Å². The van der Waals surface area contributed by atoms with Crippen LogP contribution in [-0.4, -0.2) is 27.4 Å². The number of nitrogens with zero attached hydrogens (tertiary/aromatic N) is 3. The molecule has 0 radical (unpaired) electrons. The molecule has 2 atom stereocenters. The Morgan fingerprint density at radius 3 is 2.92 bits per heavy atom. The van der Waals surface area contributed by atoms with Crippen molar-refractivity contribution < 1.29 is 4.74 Å². The summed E-state index contributed by atoms with van der Waals surface area (Å²) in [6.45, 7) is 5.88. The van der Waals surface area contributed by atoms with Crippen molar-refractivity contribution in [3.8, 4) is 0 Å². The van der Waals surface area contributed by atoms with Gasteiger partial charge in [-0.05, 0) is 63.1 Å². The molecule has 0 saturated carbocycles. The predicted octanol–water partition coefficient (Wildman–Crippen LogP) is 2.93. The zero-order valence-corrected chi connectivity index (χ0v) is 15.5. The van der Waals surface area contributed by atoms with Gasteiger partial charge in [-0.3, -0.25) is 9.67 Å². The van der Waals surface area contributed by atoms with Crippen molar-refractivity contribution >= 4 is 0 Å². The fourth-order valence-electron chi connectivity index (χ4n) is 4.34. The monoisotopic (exact) mass is 340 g/mol. The van der Waals surface area contributed by atoms with Crippen molar-refractivity contribution in [3.63, 3.8) is 0 Å². The van der Waals surface area contributed by atoms with Crippen LogP contribution >= 0.6 is 0 Å². The van der Waals surface area contributed by atoms with Crippen LogP contribution in [0.25, 0.3) is 0 Å². The highest BCUT2D eigenvalue weighted by molar-refractivity contribution is 5.34. The van der Waals surface area contributed by atoms with E-state index in [0.717, 1.165) is 37.4 Å². The highest BCUT2D eigenvalue weighted by atomic mass is 16.5. The van der Waals surface area contributed by atoms with E-state index in [-0.39, 0.29) is 6.10 Å². The maximum atomic E-state index is 6.04. The minimum atomic E-state index is 0.104. The number of hydrogen-bond donors (Lipinski definition) is 1. The van der Waals surface area contributed by atoms with Crippen molar-refractivity contribution in [3.05, 3.63) is 46.0 Å². The lowest BCUT2D eigenvalue weighted by Crippen LogP contribution is -2.32. The quantitative estimate of drug-likeness (QED) is 0.930. The zero-order chi connectivity index (χ0) is 17.4. The molecule has 1 aliphatic heterocycles. The predicted molar refractivity (Wildman–Crippen MR) is 97.5 cm³/mol. The van der Waals surface area contributed by atoms with E-state index in [0.29, 0.717) is 6.04 Å². The van der Waals surface area contributed by atoms with Crippen LogP contribution in [0.2, 0.25) is 0 Å². The molecular formula is C20H28N4O. The van der Waals surface area contributed by atoms with Crippen molar-refractivity contribution in [2.75, 3.05) is 6.61 Å². The Labute approximate surface area is 149 Å². The lowest BCUT2D eigenvalue weighted by atomic mass is 9.91. The first-order valence-electron chi connectivity index (χ1n) is 9.45. The molecule has 2 aromatic heterocycles. The van der Waals surface area contributed by atoms with E-state index in [2.05, 4.69) is 36.5 Å². The van der Waals surface area contributed by atoms with Gasteiger partial charge in [-0.1, -0.05) is 0 Å². The topological polar surface area (TPSA) is 52.0 Å². The van der Waals surface area contributed by atoms with Gasteiger partial charge < -0.3 is 10.1 Å². The van der Waals surface area contributed by atoms with Gasteiger partial charge in [-0.2, -0.15) is 5.10 Å². The summed E-state index contributed by atoms with van der Waals surface area (Å²) < 4.78 is 7.92. The first-order chi connectivity index (χ1) is 12.1. The molecule has 1 fully saturated rings. The molecule has 3 heterocycles. The molecule has 1 N–H and O–H groups in total. The van der Waals surface area contributed by atoms with Crippen LogP contribution in [0.1, 0.15) is 59.1 Å². The average Bonchev–Trinajstić information content (AvgIpc) is 3.18. The number of hydrogen-bond acceptors (Lipinski definition) is 4. The third-order valence-corrected chi connectivity index (χ3v) is 5.53. The number of nitrogens with one attached hydrogen (secondary N) is 1. The van der Waals surface area contributed by atoms with Gasteiger partial charge in [-0.15, -0.1) is 0 Å². The van der Waals surface area contributed by atoms with Gasteiger partial charge in [0.2, 0.25) is 0 Å². The van der Waals surface area contributed by atoms with Gasteiger partial charge in [-0.25, -0.2) is 0 Å². The second-order valence-corrected chi connectivity index (χ2v) is 7.47. The molecule has 0 spiro atoms. The standard InChI is InChI=1S/C20H28N4O/c1-13-10-15(16-6-4-5-7-18(16)22-13)11-21-19-8-9-25-20(19)17-12-24(3)23-14(17)2/h10,12,19-21H,4-9,11H2,1-3H3/t19-,20+/m1/s1. The second-order valence-electron chi connectivity index (χ2n) is 7.47. The smallest absolute Gasteiger partial charge is 0.101 e. The van der Waals surface area contributed by atoms with Crippen LogP contribution in [-0.2, 0) is 31.2 Å². The van der Waals surface area contributed by atoms with Gasteiger partial charge in [0.25, 0.3) is 0 Å². The first-order valence-corrected chi connectivity index (χ1v) is 9.45. The highest BCUT2D eigenvalue weighted by Crippen LogP contribution is 2.31. The Bertz CT molecular complexity index is 767. The largest absolute Gasteiger partial charge is 0.372 e. The Morgan fingerprint density at radius 1 is 1.28 bits per heavy atom. The van der Waals surface area contributed by atoms with Crippen LogP contribution in [0.4, 0.5) is 0 Å². The molecule has 5 heteroatoms. The molecule has 0 bridgehead atoms. The van der Waals surface area contributed by atoms with E-state index < -0.39 is 0 Å². The molecule has 5 nitrogen and oxygen atoms in total. The van der Waals surface area contributed by atoms with Crippen molar-refractivity contribution in [2.45, 2.75) is 64.6 Å². The van der Waals surface area contributed by atoms with Gasteiger partial charge in [0.15, 0.2) is 0 Å². The van der Waals surface area contributed by atoms with Crippen LogP contribution in [0.15, 0.2) is 12.3 Å². The van der Waals surface area contributed by atoms with Gasteiger partial charge in [0.1, 0.15) is 6.10 Å². The molecule has 134 valence electrons. The zero-order valence-electron chi connectivity index (χ0n) is 15.5. The van der Waals surface area contributed by atoms with Crippen molar-refractivity contribution in [1.82, 2.24) is 20.1 Å². The lowest BCUT2D eigenvalue weighted by molar-refractivity contribution is 0.0979. The first kappa shape index (κ1) is 16.7. The molecule has 2 aliphatic rings. The summed E-state index contributed by atoms with van der Waals surface area (Å²) in [5.41, 5.74) is 7.65. The maximum absolute atomic E-state index is 6.04. The number of ether oxygens (including phenoxy) is 1. The number of rotatable bonds is 4. The molecule has 0 aromatic carbocycles. The van der Waals surface area contributed by atoms with Crippen molar-refractivity contribution in [2.24, 2.45) is 7.05 Å². The highest BCUT2D eigenvalue weighted by Gasteiger charge is 2.31. The minimum Gasteiger partial charge on any atom is -0.372 e. The van der Waals surface area contributed by atoms with Crippen LogP contribution in [0, 0.1) is 13.8 Å². The number of fused-ring (bicyclic) bond motifs is 1. The molecule has 1 aliphatic carbocycles. The third-order valence-electron chi connectivity index (χ3n) is 5.53. The number of aryl methyl sites for hydroxylation is 4. The average molecular weight is 340 g/mol. The van der Waals surface area contributed by atoms with Crippen LogP contribution in [0.3, 0.4) is 0 Å². The Kier molecular flexibility index (Phi) is 4.61. The summed E-state index contributed by atoms with van der Waals surface area (Å²) >= 11 is 0. The molecule has 4 rings (SSSR count). The molecule has 1 saturated heterocycles. The number of aromatic nitrogens is 3. The van der Waals surface area contributed by atoms with E-state index in [4.69, 9.17) is 9.72 Å². The fourth-order valence-corrected chi connectivity index (χ4v) is 4.34. The van der Waals surface area contributed by atoms with E-state index in [1.165, 1.54) is 41.6 Å². The van der Waals surface area contributed by atoms with Crippen LogP contribution in [0.5, 0.6) is 0 Å². The maximum Gasteiger partial charge on any atom is 0.101 e. The summed E-state index contributed by atoms with van der Waals surface area (Å²) in [6.07, 6.45) is 8.11. The molecule has 2 aromatic rings. The molecular weight excluding hydrogens is 312 g/mol. The summed E-state index contributed by atoms with van der Waals surface area (Å²) in [5.74, 6) is 0. The molecule has 25 heavy (non-hydrogen) atoms. The lowest BCUT2D eigenvalue weighted by Gasteiger charge is -2.23. The summed E-state index contributed by atoms with van der Waals surface area (Å²) in [4.78, 5) is 4.77. The molecule has 0 unspecified atom stereocenters. The summed E-state index contributed by atoms with van der Waals surface area (Å²) in [6, 6.07) is 2.60.